The fourth-order valence-electron chi connectivity index (χ4n) is 3.32. The lowest BCUT2D eigenvalue weighted by Crippen LogP contribution is -2.45. The molecule has 2 amide bonds. The first-order valence-corrected chi connectivity index (χ1v) is 10.3. The average molecular weight is 416 g/mol. The van der Waals surface area contributed by atoms with Crippen LogP contribution in [-0.2, 0) is 4.79 Å². The fraction of sp³-hybridized carbons (Fsp3) is 0.409. The minimum Gasteiger partial charge on any atom is -0.477 e. The Labute approximate surface area is 176 Å². The van der Waals surface area contributed by atoms with E-state index in [4.69, 9.17) is 16.3 Å². The van der Waals surface area contributed by atoms with Crippen molar-refractivity contribution in [3.8, 4) is 5.88 Å². The second-order valence-electron chi connectivity index (χ2n) is 7.11. The van der Waals surface area contributed by atoms with Gasteiger partial charge in [-0.25, -0.2) is 4.98 Å². The first-order chi connectivity index (χ1) is 14.0. The van der Waals surface area contributed by atoms with Crippen LogP contribution < -0.4 is 9.64 Å². The summed E-state index contributed by atoms with van der Waals surface area (Å²) >= 11 is 6.22. The van der Waals surface area contributed by atoms with Gasteiger partial charge in [-0.3, -0.25) is 14.5 Å². The highest BCUT2D eigenvalue weighted by Gasteiger charge is 2.25. The van der Waals surface area contributed by atoms with E-state index in [1.54, 1.807) is 0 Å². The zero-order valence-corrected chi connectivity index (χ0v) is 17.6. The molecule has 0 N–H and O–H groups in total. The Hall–Kier alpha value is -2.60. The van der Waals surface area contributed by atoms with Crippen LogP contribution in [-0.4, -0.2) is 47.9 Å². The highest BCUT2D eigenvalue weighted by molar-refractivity contribution is 6.32. The van der Waals surface area contributed by atoms with E-state index < -0.39 is 0 Å². The Balaban J connectivity index is 1.87. The van der Waals surface area contributed by atoms with Gasteiger partial charge in [0, 0.05) is 25.0 Å². The maximum absolute atomic E-state index is 13.3. The Kier molecular flexibility index (Phi) is 7.09. The van der Waals surface area contributed by atoms with Gasteiger partial charge < -0.3 is 9.64 Å². The number of nitrogens with zero attached hydrogens (tertiary/aromatic N) is 3. The van der Waals surface area contributed by atoms with Crippen LogP contribution in [0.5, 0.6) is 5.88 Å². The van der Waals surface area contributed by atoms with Crippen molar-refractivity contribution in [3.63, 3.8) is 0 Å². The summed E-state index contributed by atoms with van der Waals surface area (Å²) in [5.74, 6) is -0.0859. The van der Waals surface area contributed by atoms with E-state index in [2.05, 4.69) is 4.98 Å². The van der Waals surface area contributed by atoms with Crippen molar-refractivity contribution < 1.29 is 14.3 Å². The van der Waals surface area contributed by atoms with Gasteiger partial charge >= 0.3 is 0 Å². The lowest BCUT2D eigenvalue weighted by Gasteiger charge is -2.30. The predicted molar refractivity (Wildman–Crippen MR) is 114 cm³/mol. The molecule has 0 atom stereocenters. The second kappa shape index (κ2) is 9.74. The number of aryl methyl sites for hydroxylation is 1. The van der Waals surface area contributed by atoms with E-state index in [0.717, 1.165) is 37.9 Å². The van der Waals surface area contributed by atoms with Crippen molar-refractivity contribution in [2.75, 3.05) is 31.1 Å². The summed E-state index contributed by atoms with van der Waals surface area (Å²) in [6, 6.07) is 9.07. The molecule has 0 spiro atoms. The van der Waals surface area contributed by atoms with E-state index in [9.17, 15) is 9.59 Å². The van der Waals surface area contributed by atoms with Gasteiger partial charge in [0.15, 0.2) is 0 Å². The molecular formula is C22H26ClN3O3. The average Bonchev–Trinajstić information content (AvgIpc) is 2.74. The number of piperidine rings is 1. The molecule has 2 aromatic rings. The third-order valence-electron chi connectivity index (χ3n) is 4.93. The van der Waals surface area contributed by atoms with Crippen LogP contribution in [0.2, 0.25) is 5.02 Å². The van der Waals surface area contributed by atoms with Gasteiger partial charge in [-0.2, -0.15) is 0 Å². The SMILES string of the molecule is CCOc1ncc(C(=O)N(CC(=O)N2CCCCC2)c2ccc(C)cc2)cc1Cl. The van der Waals surface area contributed by atoms with E-state index in [-0.39, 0.29) is 29.3 Å². The minimum absolute atomic E-state index is 0.0211. The molecule has 1 aliphatic heterocycles. The van der Waals surface area contributed by atoms with E-state index in [0.29, 0.717) is 17.9 Å². The van der Waals surface area contributed by atoms with Gasteiger partial charge in [0.2, 0.25) is 11.8 Å². The summed E-state index contributed by atoms with van der Waals surface area (Å²) in [5.41, 5.74) is 2.05. The second-order valence-corrected chi connectivity index (χ2v) is 7.52. The molecule has 1 aromatic carbocycles. The molecule has 29 heavy (non-hydrogen) atoms. The number of likely N-dealkylation sites (tertiary alicyclic amines) is 1. The number of aromatic nitrogens is 1. The lowest BCUT2D eigenvalue weighted by atomic mass is 10.1. The van der Waals surface area contributed by atoms with Crippen LogP contribution in [0.25, 0.3) is 0 Å². The van der Waals surface area contributed by atoms with Gasteiger partial charge in [-0.15, -0.1) is 0 Å². The molecule has 154 valence electrons. The van der Waals surface area contributed by atoms with Crippen molar-refractivity contribution >= 4 is 29.1 Å². The number of amides is 2. The monoisotopic (exact) mass is 415 g/mol. The Morgan fingerprint density at radius 1 is 1.17 bits per heavy atom. The molecule has 1 aliphatic rings. The number of hydrogen-bond acceptors (Lipinski definition) is 4. The highest BCUT2D eigenvalue weighted by atomic mass is 35.5. The summed E-state index contributed by atoms with van der Waals surface area (Å²) < 4.78 is 5.34. The van der Waals surface area contributed by atoms with Crippen molar-refractivity contribution in [3.05, 3.63) is 52.7 Å². The number of rotatable bonds is 6. The fourth-order valence-corrected chi connectivity index (χ4v) is 3.55. The van der Waals surface area contributed by atoms with Crippen LogP contribution in [0.3, 0.4) is 0 Å². The topological polar surface area (TPSA) is 62.7 Å². The Bertz CT molecular complexity index is 864. The van der Waals surface area contributed by atoms with Crippen LogP contribution >= 0.6 is 11.6 Å². The first-order valence-electron chi connectivity index (χ1n) is 9.94. The molecule has 0 aliphatic carbocycles. The van der Waals surface area contributed by atoms with Crippen LogP contribution in [0.1, 0.15) is 42.1 Å². The lowest BCUT2D eigenvalue weighted by molar-refractivity contribution is -0.130. The number of halogens is 1. The Morgan fingerprint density at radius 3 is 2.48 bits per heavy atom. The molecule has 1 saturated heterocycles. The van der Waals surface area contributed by atoms with Crippen molar-refractivity contribution in [2.24, 2.45) is 0 Å². The number of benzene rings is 1. The quantitative estimate of drug-likeness (QED) is 0.712. The smallest absolute Gasteiger partial charge is 0.260 e. The third kappa shape index (κ3) is 5.26. The van der Waals surface area contributed by atoms with Gasteiger partial charge in [-0.05, 0) is 51.3 Å². The van der Waals surface area contributed by atoms with E-state index >= 15 is 0 Å². The molecule has 7 heteroatoms. The highest BCUT2D eigenvalue weighted by Crippen LogP contribution is 2.25. The molecule has 6 nitrogen and oxygen atoms in total. The number of hydrogen-bond donors (Lipinski definition) is 0. The van der Waals surface area contributed by atoms with Gasteiger partial charge in [-0.1, -0.05) is 29.3 Å². The van der Waals surface area contributed by atoms with Crippen LogP contribution in [0.15, 0.2) is 36.5 Å². The summed E-state index contributed by atoms with van der Waals surface area (Å²) in [7, 11) is 0. The molecule has 3 rings (SSSR count). The molecular weight excluding hydrogens is 390 g/mol. The molecule has 0 radical (unpaired) electrons. The number of anilines is 1. The normalized spacial score (nSPS) is 13.8. The summed E-state index contributed by atoms with van der Waals surface area (Å²) in [6.07, 6.45) is 4.58. The summed E-state index contributed by atoms with van der Waals surface area (Å²) in [6.45, 7) is 5.70. The maximum Gasteiger partial charge on any atom is 0.260 e. The molecule has 1 fully saturated rings. The largest absolute Gasteiger partial charge is 0.477 e. The minimum atomic E-state index is -0.323. The van der Waals surface area contributed by atoms with Gasteiger partial charge in [0.05, 0.1) is 12.2 Å². The number of pyridine rings is 1. The molecule has 0 unspecified atom stereocenters. The first kappa shape index (κ1) is 21.1. The molecule has 0 bridgehead atoms. The zero-order valence-electron chi connectivity index (χ0n) is 16.9. The van der Waals surface area contributed by atoms with Crippen LogP contribution in [0, 0.1) is 6.92 Å². The summed E-state index contributed by atoms with van der Waals surface area (Å²) in [5, 5.41) is 0.268. The van der Waals surface area contributed by atoms with E-state index in [1.807, 2.05) is 43.0 Å². The third-order valence-corrected chi connectivity index (χ3v) is 5.20. The number of ether oxygens (including phenoxy) is 1. The molecule has 0 saturated carbocycles. The van der Waals surface area contributed by atoms with Gasteiger partial charge in [0.25, 0.3) is 5.91 Å². The Morgan fingerprint density at radius 2 is 1.86 bits per heavy atom. The zero-order chi connectivity index (χ0) is 20.8. The summed E-state index contributed by atoms with van der Waals surface area (Å²) in [4.78, 5) is 33.6. The molecule has 1 aromatic heterocycles. The predicted octanol–water partition coefficient (Wildman–Crippen LogP) is 4.10. The van der Waals surface area contributed by atoms with Crippen molar-refractivity contribution in [2.45, 2.75) is 33.1 Å². The molecule has 2 heterocycles. The van der Waals surface area contributed by atoms with Crippen molar-refractivity contribution in [1.82, 2.24) is 9.88 Å². The maximum atomic E-state index is 13.3. The number of carbonyl (C=O) groups is 2. The van der Waals surface area contributed by atoms with Gasteiger partial charge in [0.1, 0.15) is 11.6 Å². The standard InChI is InChI=1S/C22H26ClN3O3/c1-3-29-21-19(23)13-17(14-24-21)22(28)26(18-9-7-16(2)8-10-18)15-20(27)25-11-5-4-6-12-25/h7-10,13-14H,3-6,11-12,15H2,1-2H3. The van der Waals surface area contributed by atoms with Crippen molar-refractivity contribution in [1.29, 1.82) is 0 Å². The number of carbonyl (C=O) groups excluding carboxylic acids is 2. The van der Waals surface area contributed by atoms with Crippen LogP contribution in [0.4, 0.5) is 5.69 Å². The van der Waals surface area contributed by atoms with E-state index in [1.165, 1.54) is 17.2 Å².